The molecule has 4 heteroatoms. The number of aromatic nitrogens is 2. The number of halogens is 1. The Hall–Kier alpha value is -1.58. The minimum atomic E-state index is -0.247. The van der Waals surface area contributed by atoms with Crippen LogP contribution in [0.3, 0.4) is 0 Å². The van der Waals surface area contributed by atoms with E-state index in [4.69, 9.17) is 0 Å². The average Bonchev–Trinajstić information content (AvgIpc) is 2.56. The fourth-order valence-corrected chi connectivity index (χ4v) is 1.31. The van der Waals surface area contributed by atoms with Crippen LogP contribution in [0.4, 0.5) is 10.3 Å². The number of benzene rings is 1. The lowest BCUT2D eigenvalue weighted by Crippen LogP contribution is -2.00. The second-order valence-corrected chi connectivity index (χ2v) is 3.17. The Bertz CT molecular complexity index is 436. The van der Waals surface area contributed by atoms with Crippen LogP contribution in [0.1, 0.15) is 13.3 Å². The first-order valence-electron chi connectivity index (χ1n) is 4.68. The van der Waals surface area contributed by atoms with Crippen LogP contribution in [0.2, 0.25) is 0 Å². The molecule has 0 aliphatic rings. The molecule has 2 aromatic rings. The predicted molar refractivity (Wildman–Crippen MR) is 54.8 cm³/mol. The van der Waals surface area contributed by atoms with E-state index in [0.717, 1.165) is 24.0 Å². The van der Waals surface area contributed by atoms with Gasteiger partial charge in [-0.3, -0.25) is 0 Å². The molecule has 0 amide bonds. The van der Waals surface area contributed by atoms with Crippen LogP contribution < -0.4 is 5.32 Å². The summed E-state index contributed by atoms with van der Waals surface area (Å²) in [4.78, 5) is 7.27. The van der Waals surface area contributed by atoms with E-state index < -0.39 is 0 Å². The van der Waals surface area contributed by atoms with Crippen LogP contribution in [-0.2, 0) is 0 Å². The molecule has 0 radical (unpaired) electrons. The first-order chi connectivity index (χ1) is 6.79. The smallest absolute Gasteiger partial charge is 0.201 e. The largest absolute Gasteiger partial charge is 0.356 e. The zero-order chi connectivity index (χ0) is 9.97. The molecule has 1 aromatic heterocycles. The van der Waals surface area contributed by atoms with Gasteiger partial charge in [-0.25, -0.2) is 9.37 Å². The van der Waals surface area contributed by atoms with Gasteiger partial charge < -0.3 is 10.3 Å². The van der Waals surface area contributed by atoms with Gasteiger partial charge in [0.05, 0.1) is 11.0 Å². The Kier molecular flexibility index (Phi) is 2.35. The van der Waals surface area contributed by atoms with Gasteiger partial charge in [0, 0.05) is 6.54 Å². The summed E-state index contributed by atoms with van der Waals surface area (Å²) in [6, 6.07) is 4.52. The molecule has 3 nitrogen and oxygen atoms in total. The van der Waals surface area contributed by atoms with Gasteiger partial charge in [-0.15, -0.1) is 0 Å². The molecule has 0 aliphatic carbocycles. The third kappa shape index (κ3) is 1.69. The summed E-state index contributed by atoms with van der Waals surface area (Å²) in [5.41, 5.74) is 1.51. The van der Waals surface area contributed by atoms with E-state index in [9.17, 15) is 4.39 Å². The van der Waals surface area contributed by atoms with E-state index in [-0.39, 0.29) is 5.82 Å². The molecule has 0 saturated heterocycles. The minimum Gasteiger partial charge on any atom is -0.356 e. The van der Waals surface area contributed by atoms with Crippen LogP contribution in [0.25, 0.3) is 11.0 Å². The van der Waals surface area contributed by atoms with Crippen molar-refractivity contribution < 1.29 is 4.39 Å². The first-order valence-corrected chi connectivity index (χ1v) is 4.68. The van der Waals surface area contributed by atoms with E-state index in [1.165, 1.54) is 12.1 Å². The molecule has 1 heterocycles. The first kappa shape index (κ1) is 8.99. The lowest BCUT2D eigenvalue weighted by molar-refractivity contribution is 0.629. The Labute approximate surface area is 81.4 Å². The van der Waals surface area contributed by atoms with Crippen LogP contribution in [0, 0.1) is 5.82 Å². The second kappa shape index (κ2) is 3.65. The maximum atomic E-state index is 12.8. The molecule has 74 valence electrons. The van der Waals surface area contributed by atoms with Gasteiger partial charge in [0.25, 0.3) is 0 Å². The highest BCUT2D eigenvalue weighted by atomic mass is 19.1. The Morgan fingerprint density at radius 1 is 1.50 bits per heavy atom. The molecular weight excluding hydrogens is 181 g/mol. The zero-order valence-electron chi connectivity index (χ0n) is 7.97. The predicted octanol–water partition coefficient (Wildman–Crippen LogP) is 2.52. The Morgan fingerprint density at radius 3 is 3.14 bits per heavy atom. The third-order valence-corrected chi connectivity index (χ3v) is 1.99. The second-order valence-electron chi connectivity index (χ2n) is 3.17. The number of hydrogen-bond donors (Lipinski definition) is 2. The summed E-state index contributed by atoms with van der Waals surface area (Å²) in [6.45, 7) is 2.94. The zero-order valence-corrected chi connectivity index (χ0v) is 7.97. The lowest BCUT2D eigenvalue weighted by atomic mass is 10.3. The minimum absolute atomic E-state index is 0.247. The highest BCUT2D eigenvalue weighted by molar-refractivity contribution is 5.77. The van der Waals surface area contributed by atoms with Gasteiger partial charge in [-0.1, -0.05) is 6.92 Å². The van der Waals surface area contributed by atoms with E-state index in [1.54, 1.807) is 6.07 Å². The lowest BCUT2D eigenvalue weighted by Gasteiger charge is -1.96. The molecule has 0 aliphatic heterocycles. The van der Waals surface area contributed by atoms with Crippen molar-refractivity contribution in [3.05, 3.63) is 24.0 Å². The summed E-state index contributed by atoms with van der Waals surface area (Å²) in [7, 11) is 0. The SMILES string of the molecule is CCCNc1nc2ccc(F)cc2[nH]1. The van der Waals surface area contributed by atoms with Crippen molar-refractivity contribution in [1.82, 2.24) is 9.97 Å². The molecule has 0 spiro atoms. The normalized spacial score (nSPS) is 10.7. The van der Waals surface area contributed by atoms with Gasteiger partial charge in [-0.05, 0) is 24.6 Å². The molecule has 2 N–H and O–H groups in total. The number of imidazole rings is 1. The van der Waals surface area contributed by atoms with Crippen molar-refractivity contribution >= 4 is 17.0 Å². The van der Waals surface area contributed by atoms with Crippen LogP contribution >= 0.6 is 0 Å². The fraction of sp³-hybridized carbons (Fsp3) is 0.300. The van der Waals surface area contributed by atoms with Crippen molar-refractivity contribution in [3.8, 4) is 0 Å². The van der Waals surface area contributed by atoms with Gasteiger partial charge in [0.1, 0.15) is 5.82 Å². The van der Waals surface area contributed by atoms with Gasteiger partial charge in [-0.2, -0.15) is 0 Å². The average molecular weight is 193 g/mol. The van der Waals surface area contributed by atoms with E-state index >= 15 is 0 Å². The number of anilines is 1. The topological polar surface area (TPSA) is 40.7 Å². The van der Waals surface area contributed by atoms with Gasteiger partial charge in [0.2, 0.25) is 5.95 Å². The van der Waals surface area contributed by atoms with Crippen LogP contribution in [0.15, 0.2) is 18.2 Å². The van der Waals surface area contributed by atoms with Gasteiger partial charge in [0.15, 0.2) is 0 Å². The van der Waals surface area contributed by atoms with E-state index in [0.29, 0.717) is 5.95 Å². The summed E-state index contributed by atoms with van der Waals surface area (Å²) in [6.07, 6.45) is 1.03. The summed E-state index contributed by atoms with van der Waals surface area (Å²) < 4.78 is 12.8. The highest BCUT2D eigenvalue weighted by Crippen LogP contribution is 2.15. The van der Waals surface area contributed by atoms with Crippen molar-refractivity contribution in [3.63, 3.8) is 0 Å². The molecule has 0 atom stereocenters. The maximum absolute atomic E-state index is 12.8. The molecule has 1 aromatic carbocycles. The quantitative estimate of drug-likeness (QED) is 0.786. The van der Waals surface area contributed by atoms with E-state index in [1.807, 2.05) is 0 Å². The third-order valence-electron chi connectivity index (χ3n) is 1.99. The maximum Gasteiger partial charge on any atom is 0.201 e. The van der Waals surface area contributed by atoms with Crippen molar-refractivity contribution in [1.29, 1.82) is 0 Å². The van der Waals surface area contributed by atoms with Gasteiger partial charge >= 0.3 is 0 Å². The number of hydrogen-bond acceptors (Lipinski definition) is 2. The fourth-order valence-electron chi connectivity index (χ4n) is 1.31. The number of H-pyrrole nitrogens is 1. The Balaban J connectivity index is 2.32. The number of fused-ring (bicyclic) bond motifs is 1. The molecule has 0 fully saturated rings. The Morgan fingerprint density at radius 2 is 2.36 bits per heavy atom. The highest BCUT2D eigenvalue weighted by Gasteiger charge is 2.01. The summed E-state index contributed by atoms with van der Waals surface area (Å²) in [5, 5.41) is 3.11. The monoisotopic (exact) mass is 193 g/mol. The summed E-state index contributed by atoms with van der Waals surface area (Å²) >= 11 is 0. The van der Waals surface area contributed by atoms with Crippen LogP contribution in [-0.4, -0.2) is 16.5 Å². The van der Waals surface area contributed by atoms with Crippen molar-refractivity contribution in [2.45, 2.75) is 13.3 Å². The number of rotatable bonds is 3. The molecule has 0 bridgehead atoms. The molecular formula is C10H12FN3. The van der Waals surface area contributed by atoms with Crippen molar-refractivity contribution in [2.24, 2.45) is 0 Å². The standard InChI is InChI=1S/C10H12FN3/c1-2-5-12-10-13-8-4-3-7(11)6-9(8)14-10/h3-4,6H,2,5H2,1H3,(H2,12,13,14). The van der Waals surface area contributed by atoms with E-state index in [2.05, 4.69) is 22.2 Å². The number of nitrogens with zero attached hydrogens (tertiary/aromatic N) is 1. The molecule has 0 unspecified atom stereocenters. The molecule has 2 rings (SSSR count). The van der Waals surface area contributed by atoms with Crippen molar-refractivity contribution in [2.75, 3.05) is 11.9 Å². The molecule has 14 heavy (non-hydrogen) atoms. The molecule has 0 saturated carbocycles. The summed E-state index contributed by atoms with van der Waals surface area (Å²) in [5.74, 6) is 0.454. The number of aromatic amines is 1. The van der Waals surface area contributed by atoms with Crippen LogP contribution in [0.5, 0.6) is 0 Å². The number of nitrogens with one attached hydrogen (secondary N) is 2.